The first-order chi connectivity index (χ1) is 6.88. The monoisotopic (exact) mass is 275 g/mol. The fraction of sp³-hybridized carbons (Fsp3) is 0.700. The Morgan fingerprint density at radius 3 is 2.67 bits per heavy atom. The number of nitrogens with zero attached hydrogens (tertiary/aromatic N) is 2. The van der Waals surface area contributed by atoms with Crippen molar-refractivity contribution in [3.05, 3.63) is 10.7 Å². The van der Waals surface area contributed by atoms with Crippen molar-refractivity contribution in [3.63, 3.8) is 0 Å². The Balaban J connectivity index is 2.26. The van der Waals surface area contributed by atoms with Crippen molar-refractivity contribution in [2.24, 2.45) is 5.41 Å². The molecular formula is C10H18BrN3O. The lowest BCUT2D eigenvalue weighted by Crippen LogP contribution is -2.11. The highest BCUT2D eigenvalue weighted by Gasteiger charge is 2.09. The molecule has 0 bridgehead atoms. The van der Waals surface area contributed by atoms with Gasteiger partial charge in [-0.15, -0.1) is 0 Å². The molecule has 0 aliphatic carbocycles. The molecule has 15 heavy (non-hydrogen) atoms. The van der Waals surface area contributed by atoms with E-state index >= 15 is 0 Å². The summed E-state index contributed by atoms with van der Waals surface area (Å²) in [4.78, 5) is 0. The quantitative estimate of drug-likeness (QED) is 0.860. The maximum absolute atomic E-state index is 5.58. The lowest BCUT2D eigenvalue weighted by molar-refractivity contribution is 0.0519. The van der Waals surface area contributed by atoms with Crippen molar-refractivity contribution in [3.8, 4) is 0 Å². The molecule has 0 aliphatic heterocycles. The lowest BCUT2D eigenvalue weighted by atomic mass is 9.93. The molecular weight excluding hydrogens is 258 g/mol. The normalized spacial score (nSPS) is 12.0. The summed E-state index contributed by atoms with van der Waals surface area (Å²) in [6.07, 6.45) is 2.84. The number of aromatic nitrogens is 2. The van der Waals surface area contributed by atoms with E-state index in [0.717, 1.165) is 17.5 Å². The van der Waals surface area contributed by atoms with Gasteiger partial charge in [0.1, 0.15) is 6.73 Å². The molecule has 0 unspecified atom stereocenters. The molecule has 1 rings (SSSR count). The Morgan fingerprint density at radius 1 is 1.53 bits per heavy atom. The number of nitrogens with two attached hydrogens (primary N) is 1. The zero-order valence-corrected chi connectivity index (χ0v) is 11.0. The van der Waals surface area contributed by atoms with Crippen LogP contribution >= 0.6 is 15.9 Å². The Morgan fingerprint density at radius 2 is 2.20 bits per heavy atom. The van der Waals surface area contributed by atoms with Crippen molar-refractivity contribution < 1.29 is 4.74 Å². The minimum absolute atomic E-state index is 0.309. The van der Waals surface area contributed by atoms with Gasteiger partial charge in [-0.2, -0.15) is 5.10 Å². The largest absolute Gasteiger partial charge is 0.381 e. The lowest BCUT2D eigenvalue weighted by Gasteiger charge is -2.17. The van der Waals surface area contributed by atoms with E-state index in [4.69, 9.17) is 10.5 Å². The molecule has 0 atom stereocenters. The highest BCUT2D eigenvalue weighted by molar-refractivity contribution is 9.10. The van der Waals surface area contributed by atoms with E-state index in [-0.39, 0.29) is 0 Å². The molecule has 5 heteroatoms. The van der Waals surface area contributed by atoms with Crippen molar-refractivity contribution in [1.29, 1.82) is 0 Å². The Labute approximate surface area is 98.9 Å². The van der Waals surface area contributed by atoms with Gasteiger partial charge in [0.05, 0.1) is 4.47 Å². The van der Waals surface area contributed by atoms with Crippen molar-refractivity contribution in [1.82, 2.24) is 9.78 Å². The summed E-state index contributed by atoms with van der Waals surface area (Å²) < 4.78 is 7.98. The third-order valence-corrected chi connectivity index (χ3v) is 2.57. The fourth-order valence-corrected chi connectivity index (χ4v) is 1.33. The average molecular weight is 276 g/mol. The molecule has 0 aliphatic rings. The van der Waals surface area contributed by atoms with E-state index in [9.17, 15) is 0 Å². The van der Waals surface area contributed by atoms with Gasteiger partial charge in [-0.3, -0.25) is 0 Å². The van der Waals surface area contributed by atoms with E-state index in [1.807, 2.05) is 6.20 Å². The van der Waals surface area contributed by atoms with E-state index < -0.39 is 0 Å². The second kappa shape index (κ2) is 4.99. The van der Waals surface area contributed by atoms with Crippen LogP contribution in [0.15, 0.2) is 10.7 Å². The topological polar surface area (TPSA) is 53.1 Å². The first kappa shape index (κ1) is 12.5. The Hall–Kier alpha value is -0.550. The number of hydrogen-bond acceptors (Lipinski definition) is 3. The fourth-order valence-electron chi connectivity index (χ4n) is 1.01. The van der Waals surface area contributed by atoms with Crippen molar-refractivity contribution in [2.45, 2.75) is 33.9 Å². The molecule has 1 aromatic heterocycles. The molecule has 1 heterocycles. The van der Waals surface area contributed by atoms with Crippen LogP contribution in [0.1, 0.15) is 27.2 Å². The van der Waals surface area contributed by atoms with Gasteiger partial charge in [0, 0.05) is 12.8 Å². The Kier molecular flexibility index (Phi) is 4.16. The highest BCUT2D eigenvalue weighted by atomic mass is 79.9. The van der Waals surface area contributed by atoms with E-state index in [2.05, 4.69) is 41.8 Å². The summed E-state index contributed by atoms with van der Waals surface area (Å²) in [5, 5.41) is 4.07. The van der Waals surface area contributed by atoms with Crippen LogP contribution in [0.2, 0.25) is 0 Å². The number of halogens is 1. The van der Waals surface area contributed by atoms with Gasteiger partial charge >= 0.3 is 0 Å². The number of rotatable bonds is 4. The van der Waals surface area contributed by atoms with Crippen LogP contribution in [0, 0.1) is 5.41 Å². The second-order valence-corrected chi connectivity index (χ2v) is 5.60. The maximum atomic E-state index is 5.58. The van der Waals surface area contributed by atoms with Crippen LogP contribution in [0.4, 0.5) is 5.82 Å². The highest BCUT2D eigenvalue weighted by Crippen LogP contribution is 2.18. The van der Waals surface area contributed by atoms with Crippen LogP contribution in [-0.2, 0) is 11.5 Å². The van der Waals surface area contributed by atoms with Gasteiger partial charge in [0.15, 0.2) is 5.82 Å². The summed E-state index contributed by atoms with van der Waals surface area (Å²) in [5.74, 6) is 0.495. The number of hydrogen-bond donors (Lipinski definition) is 1. The summed E-state index contributed by atoms with van der Waals surface area (Å²) in [6, 6.07) is 0. The van der Waals surface area contributed by atoms with Gasteiger partial charge in [0.25, 0.3) is 0 Å². The number of ether oxygens (including phenoxy) is 1. The minimum atomic E-state index is 0.309. The zero-order valence-electron chi connectivity index (χ0n) is 9.46. The molecule has 0 spiro atoms. The molecule has 86 valence electrons. The van der Waals surface area contributed by atoms with Gasteiger partial charge in [0.2, 0.25) is 0 Å². The third kappa shape index (κ3) is 4.66. The first-order valence-corrected chi connectivity index (χ1v) is 5.74. The molecule has 0 amide bonds. The van der Waals surface area contributed by atoms with E-state index in [0.29, 0.717) is 18.0 Å². The molecule has 0 saturated heterocycles. The van der Waals surface area contributed by atoms with Crippen LogP contribution in [-0.4, -0.2) is 16.4 Å². The average Bonchev–Trinajstić information content (AvgIpc) is 2.39. The predicted octanol–water partition coefficient (Wildman–Crippen LogP) is 2.64. The van der Waals surface area contributed by atoms with Gasteiger partial charge < -0.3 is 10.5 Å². The summed E-state index contributed by atoms with van der Waals surface area (Å²) in [7, 11) is 0. The molecule has 2 N–H and O–H groups in total. The molecule has 0 fully saturated rings. The zero-order chi connectivity index (χ0) is 11.5. The molecule has 0 radical (unpaired) electrons. The Bertz CT molecular complexity index is 297. The predicted molar refractivity (Wildman–Crippen MR) is 64.4 cm³/mol. The summed E-state index contributed by atoms with van der Waals surface area (Å²) >= 11 is 3.29. The molecule has 0 saturated carbocycles. The molecule has 4 nitrogen and oxygen atoms in total. The molecule has 1 aromatic rings. The number of nitrogen functional groups attached to an aromatic ring is 1. The van der Waals surface area contributed by atoms with Crippen molar-refractivity contribution in [2.75, 3.05) is 12.3 Å². The summed E-state index contributed by atoms with van der Waals surface area (Å²) in [5.41, 5.74) is 5.89. The van der Waals surface area contributed by atoms with Crippen LogP contribution in [0.5, 0.6) is 0 Å². The van der Waals surface area contributed by atoms with Crippen molar-refractivity contribution >= 4 is 21.7 Å². The SMILES string of the molecule is CC(C)(C)CCOCn1cc(Br)c(N)n1. The van der Waals surface area contributed by atoms with Crippen LogP contribution < -0.4 is 5.73 Å². The smallest absolute Gasteiger partial charge is 0.159 e. The van der Waals surface area contributed by atoms with Gasteiger partial charge in [-0.25, -0.2) is 4.68 Å². The summed E-state index contributed by atoms with van der Waals surface area (Å²) in [6.45, 7) is 7.77. The van der Waals surface area contributed by atoms with E-state index in [1.54, 1.807) is 4.68 Å². The van der Waals surface area contributed by atoms with Gasteiger partial charge in [-0.1, -0.05) is 20.8 Å². The van der Waals surface area contributed by atoms with Crippen LogP contribution in [0.3, 0.4) is 0 Å². The van der Waals surface area contributed by atoms with Crippen LogP contribution in [0.25, 0.3) is 0 Å². The first-order valence-electron chi connectivity index (χ1n) is 4.95. The minimum Gasteiger partial charge on any atom is -0.381 e. The standard InChI is InChI=1S/C10H18BrN3O/c1-10(2,3)4-5-15-7-14-6-8(11)9(12)13-14/h6H,4-5,7H2,1-3H3,(H2,12,13). The molecule has 0 aromatic carbocycles. The maximum Gasteiger partial charge on any atom is 0.159 e. The van der Waals surface area contributed by atoms with Gasteiger partial charge in [-0.05, 0) is 27.8 Å². The number of anilines is 1. The van der Waals surface area contributed by atoms with E-state index in [1.165, 1.54) is 0 Å². The second-order valence-electron chi connectivity index (χ2n) is 4.75. The third-order valence-electron chi connectivity index (χ3n) is 1.96.